The molecule has 0 aliphatic carbocycles. The molecule has 1 unspecified atom stereocenters. The predicted molar refractivity (Wildman–Crippen MR) is 106 cm³/mol. The van der Waals surface area contributed by atoms with Gasteiger partial charge in [0.1, 0.15) is 6.61 Å². The molecule has 3 heterocycles. The van der Waals surface area contributed by atoms with E-state index in [1.165, 1.54) is 0 Å². The molecule has 4 rings (SSSR count). The van der Waals surface area contributed by atoms with Crippen molar-refractivity contribution >= 4 is 17.5 Å². The van der Waals surface area contributed by atoms with E-state index in [1.807, 2.05) is 53.1 Å². The first kappa shape index (κ1) is 18.6. The van der Waals surface area contributed by atoms with Crippen molar-refractivity contribution in [1.29, 1.82) is 0 Å². The largest absolute Gasteiger partial charge is 0.363 e. The predicted octanol–water partition coefficient (Wildman–Crippen LogP) is 2.82. The summed E-state index contributed by atoms with van der Waals surface area (Å²) >= 11 is 0. The Morgan fingerprint density at radius 2 is 1.96 bits per heavy atom. The molecule has 0 saturated carbocycles. The van der Waals surface area contributed by atoms with Gasteiger partial charge in [-0.05, 0) is 50.5 Å². The number of carbonyl (C=O) groups excluding carboxylic acids is 2. The van der Waals surface area contributed by atoms with Crippen LogP contribution in [-0.4, -0.2) is 53.5 Å². The average molecular weight is 379 g/mol. The van der Waals surface area contributed by atoms with Crippen LogP contribution >= 0.6 is 0 Å². The normalized spacial score (nSPS) is 23.0. The number of ether oxygens (including phenoxy) is 1. The van der Waals surface area contributed by atoms with Crippen LogP contribution in [0, 0.1) is 6.92 Å². The molecule has 2 aliphatic heterocycles. The van der Waals surface area contributed by atoms with Gasteiger partial charge in [0.25, 0.3) is 11.8 Å². The first-order valence-corrected chi connectivity index (χ1v) is 9.78. The molecule has 2 amide bonds. The Hall–Kier alpha value is -2.73. The number of hydrogen-bond donors (Lipinski definition) is 0. The maximum absolute atomic E-state index is 12.9. The summed E-state index contributed by atoms with van der Waals surface area (Å²) < 4.78 is 6.06. The Balaban J connectivity index is 1.48. The molecule has 1 atom stereocenters. The van der Waals surface area contributed by atoms with E-state index >= 15 is 0 Å². The van der Waals surface area contributed by atoms with E-state index in [9.17, 15) is 9.59 Å². The van der Waals surface area contributed by atoms with Gasteiger partial charge in [0.15, 0.2) is 0 Å². The summed E-state index contributed by atoms with van der Waals surface area (Å²) in [6.45, 7) is 3.83. The number of aromatic nitrogens is 1. The van der Waals surface area contributed by atoms with Gasteiger partial charge in [-0.15, -0.1) is 0 Å². The second-order valence-corrected chi connectivity index (χ2v) is 7.62. The van der Waals surface area contributed by atoms with Crippen molar-refractivity contribution in [2.75, 3.05) is 31.1 Å². The fourth-order valence-corrected chi connectivity index (χ4v) is 4.09. The van der Waals surface area contributed by atoms with Crippen molar-refractivity contribution in [2.24, 2.45) is 0 Å². The van der Waals surface area contributed by atoms with E-state index in [4.69, 9.17) is 4.74 Å². The van der Waals surface area contributed by atoms with Gasteiger partial charge in [-0.2, -0.15) is 0 Å². The fourth-order valence-electron chi connectivity index (χ4n) is 4.09. The molecular formula is C22H25N3O3. The van der Waals surface area contributed by atoms with Gasteiger partial charge in [0, 0.05) is 36.2 Å². The monoisotopic (exact) mass is 379 g/mol. The molecule has 2 aliphatic rings. The number of aryl methyl sites for hydroxylation is 1. The van der Waals surface area contributed by atoms with Crippen molar-refractivity contribution in [3.63, 3.8) is 0 Å². The number of morpholine rings is 1. The van der Waals surface area contributed by atoms with Crippen LogP contribution in [-0.2, 0) is 9.53 Å². The zero-order chi connectivity index (χ0) is 19.6. The van der Waals surface area contributed by atoms with Gasteiger partial charge in [-0.1, -0.05) is 18.2 Å². The molecule has 6 nitrogen and oxygen atoms in total. The smallest absolute Gasteiger partial charge is 0.253 e. The van der Waals surface area contributed by atoms with Crippen LogP contribution in [0.2, 0.25) is 0 Å². The summed E-state index contributed by atoms with van der Waals surface area (Å²) in [5.74, 6) is 0.0237. The minimum Gasteiger partial charge on any atom is -0.363 e. The standard InChI is InChI=1S/C22H25N3O3/c1-17-14-18(8-11-23-17)21(27)24-12-5-9-22(10-13-24)16-25(20(26)15-28-22)19-6-3-2-4-7-19/h2-4,6-8,11,14H,5,9-10,12-13,15-16H2,1H3. The lowest BCUT2D eigenvalue weighted by Gasteiger charge is -2.42. The van der Waals surface area contributed by atoms with Crippen molar-refractivity contribution < 1.29 is 14.3 Å². The number of hydrogen-bond acceptors (Lipinski definition) is 4. The number of nitrogens with zero attached hydrogens (tertiary/aromatic N) is 3. The Kier molecular flexibility index (Phi) is 5.13. The van der Waals surface area contributed by atoms with E-state index in [2.05, 4.69) is 4.98 Å². The molecule has 1 aromatic heterocycles. The summed E-state index contributed by atoms with van der Waals surface area (Å²) in [5, 5.41) is 0. The fraction of sp³-hybridized carbons (Fsp3) is 0.409. The Morgan fingerprint density at radius 1 is 1.14 bits per heavy atom. The van der Waals surface area contributed by atoms with Crippen LogP contribution in [0.4, 0.5) is 5.69 Å². The number of pyridine rings is 1. The number of amides is 2. The molecule has 0 N–H and O–H groups in total. The lowest BCUT2D eigenvalue weighted by Crippen LogP contribution is -2.55. The molecule has 2 saturated heterocycles. The van der Waals surface area contributed by atoms with E-state index in [1.54, 1.807) is 12.3 Å². The number of rotatable bonds is 2. The highest BCUT2D eigenvalue weighted by Gasteiger charge is 2.42. The quantitative estimate of drug-likeness (QED) is 0.805. The molecule has 0 radical (unpaired) electrons. The Bertz CT molecular complexity index is 870. The maximum Gasteiger partial charge on any atom is 0.253 e. The summed E-state index contributed by atoms with van der Waals surface area (Å²) in [6, 6.07) is 13.3. The van der Waals surface area contributed by atoms with Crippen molar-refractivity contribution in [2.45, 2.75) is 31.8 Å². The second-order valence-electron chi connectivity index (χ2n) is 7.62. The third-order valence-corrected chi connectivity index (χ3v) is 5.65. The van der Waals surface area contributed by atoms with Crippen molar-refractivity contribution in [3.05, 3.63) is 59.9 Å². The number of likely N-dealkylation sites (tertiary alicyclic amines) is 1. The molecule has 6 heteroatoms. The van der Waals surface area contributed by atoms with Crippen LogP contribution in [0.3, 0.4) is 0 Å². The molecule has 2 fully saturated rings. The third-order valence-electron chi connectivity index (χ3n) is 5.65. The van der Waals surface area contributed by atoms with Gasteiger partial charge >= 0.3 is 0 Å². The minimum absolute atomic E-state index is 0.0127. The van der Waals surface area contributed by atoms with E-state index < -0.39 is 5.60 Å². The highest BCUT2D eigenvalue weighted by atomic mass is 16.5. The van der Waals surface area contributed by atoms with E-state index in [0.717, 1.165) is 30.6 Å². The molecule has 1 spiro atoms. The van der Waals surface area contributed by atoms with Crippen LogP contribution in [0.15, 0.2) is 48.7 Å². The molecule has 2 aromatic rings. The Labute approximate surface area is 165 Å². The van der Waals surface area contributed by atoms with Crippen LogP contribution in [0.25, 0.3) is 0 Å². The van der Waals surface area contributed by atoms with Gasteiger partial charge in [-0.3, -0.25) is 14.6 Å². The summed E-state index contributed by atoms with van der Waals surface area (Å²) in [7, 11) is 0. The highest BCUT2D eigenvalue weighted by molar-refractivity contribution is 5.95. The van der Waals surface area contributed by atoms with Crippen molar-refractivity contribution in [3.8, 4) is 0 Å². The minimum atomic E-state index is -0.396. The average Bonchev–Trinajstić information content (AvgIpc) is 2.93. The molecular weight excluding hydrogens is 354 g/mol. The third kappa shape index (κ3) is 3.78. The number of carbonyl (C=O) groups is 2. The first-order valence-electron chi connectivity index (χ1n) is 9.78. The van der Waals surface area contributed by atoms with Crippen LogP contribution in [0.1, 0.15) is 35.3 Å². The summed E-state index contributed by atoms with van der Waals surface area (Å²) in [4.78, 5) is 33.2. The van der Waals surface area contributed by atoms with Gasteiger partial charge < -0.3 is 14.5 Å². The van der Waals surface area contributed by atoms with Crippen LogP contribution in [0.5, 0.6) is 0 Å². The number of anilines is 1. The lowest BCUT2D eigenvalue weighted by molar-refractivity contribution is -0.140. The molecule has 28 heavy (non-hydrogen) atoms. The van der Waals surface area contributed by atoms with Gasteiger partial charge in [0.05, 0.1) is 12.1 Å². The molecule has 0 bridgehead atoms. The SMILES string of the molecule is Cc1cc(C(=O)N2CCCC3(CC2)CN(c2ccccc2)C(=O)CO3)ccn1. The van der Waals surface area contributed by atoms with E-state index in [0.29, 0.717) is 25.2 Å². The van der Waals surface area contributed by atoms with Gasteiger partial charge in [-0.25, -0.2) is 0 Å². The zero-order valence-electron chi connectivity index (χ0n) is 16.1. The summed E-state index contributed by atoms with van der Waals surface area (Å²) in [5.41, 5.74) is 2.02. The second kappa shape index (κ2) is 7.72. The molecule has 146 valence electrons. The molecule has 1 aromatic carbocycles. The maximum atomic E-state index is 12.9. The van der Waals surface area contributed by atoms with Gasteiger partial charge in [0.2, 0.25) is 0 Å². The first-order chi connectivity index (χ1) is 13.6. The number of benzene rings is 1. The lowest BCUT2D eigenvalue weighted by atomic mass is 9.92. The summed E-state index contributed by atoms with van der Waals surface area (Å²) in [6.07, 6.45) is 4.09. The number of para-hydroxylation sites is 1. The van der Waals surface area contributed by atoms with E-state index in [-0.39, 0.29) is 18.4 Å². The Morgan fingerprint density at radius 3 is 2.75 bits per heavy atom. The zero-order valence-corrected chi connectivity index (χ0v) is 16.1. The van der Waals surface area contributed by atoms with Crippen LogP contribution < -0.4 is 4.90 Å². The van der Waals surface area contributed by atoms with Crippen molar-refractivity contribution in [1.82, 2.24) is 9.88 Å². The highest BCUT2D eigenvalue weighted by Crippen LogP contribution is 2.33. The topological polar surface area (TPSA) is 62.7 Å².